The average molecular weight is 502 g/mol. The number of amides is 1. The van der Waals surface area contributed by atoms with E-state index in [1.165, 1.54) is 6.33 Å². The highest BCUT2D eigenvalue weighted by Gasteiger charge is 2.34. The summed E-state index contributed by atoms with van der Waals surface area (Å²) in [6.45, 7) is 2.25. The Kier molecular flexibility index (Phi) is 6.60. The molecule has 4 aromatic rings. The Bertz CT molecular complexity index is 1420. The fourth-order valence-corrected chi connectivity index (χ4v) is 4.26. The second-order valence-electron chi connectivity index (χ2n) is 8.24. The minimum absolute atomic E-state index is 0.267. The number of benzene rings is 3. The van der Waals surface area contributed by atoms with Gasteiger partial charge in [0.25, 0.3) is 5.91 Å². The third kappa shape index (κ3) is 4.76. The van der Waals surface area contributed by atoms with Crippen LogP contribution in [0.4, 0.5) is 11.6 Å². The number of hydrogen-bond donors (Lipinski definition) is 2. The van der Waals surface area contributed by atoms with E-state index in [9.17, 15) is 4.79 Å². The first-order valence-corrected chi connectivity index (χ1v) is 11.7. The highest BCUT2D eigenvalue weighted by atomic mass is 35.5. The molecule has 1 aliphatic heterocycles. The summed E-state index contributed by atoms with van der Waals surface area (Å²) >= 11 is 5.99. The van der Waals surface area contributed by atoms with Crippen LogP contribution in [-0.2, 0) is 11.4 Å². The van der Waals surface area contributed by atoms with E-state index >= 15 is 0 Å². The summed E-state index contributed by atoms with van der Waals surface area (Å²) in [4.78, 5) is 17.8. The van der Waals surface area contributed by atoms with Crippen LogP contribution in [0, 0.1) is 0 Å². The maximum atomic E-state index is 13.5. The van der Waals surface area contributed by atoms with Crippen LogP contribution in [0.3, 0.4) is 0 Å². The van der Waals surface area contributed by atoms with Gasteiger partial charge in [-0.3, -0.25) is 4.79 Å². The zero-order chi connectivity index (χ0) is 25.1. The van der Waals surface area contributed by atoms with Crippen molar-refractivity contribution >= 4 is 29.1 Å². The molecule has 1 unspecified atom stereocenters. The van der Waals surface area contributed by atoms with E-state index in [-0.39, 0.29) is 5.91 Å². The summed E-state index contributed by atoms with van der Waals surface area (Å²) in [6, 6.07) is 22.0. The van der Waals surface area contributed by atoms with E-state index in [4.69, 9.17) is 21.1 Å². The van der Waals surface area contributed by atoms with Gasteiger partial charge in [0, 0.05) is 16.4 Å². The van der Waals surface area contributed by atoms with Crippen LogP contribution in [0.5, 0.6) is 11.5 Å². The number of aromatic nitrogens is 3. The number of nitrogens with zero attached hydrogens (tertiary/aromatic N) is 3. The standard InChI is InChI=1S/C27H24ClN5O3/c1-17-24(26(34)32-21-11-9-20(28)10-12-21)25(33-27(31-17)29-16-30-33)19-8-13-22(23(14-19)35-2)36-15-18-6-4-3-5-7-18/h3-14,16,25H,15H2,1-2H3,(H,32,34)(H,29,30,31). The molecule has 3 aromatic carbocycles. The smallest absolute Gasteiger partial charge is 0.255 e. The molecule has 8 nitrogen and oxygen atoms in total. The third-order valence-corrected chi connectivity index (χ3v) is 6.13. The lowest BCUT2D eigenvalue weighted by atomic mass is 9.94. The normalized spacial score (nSPS) is 14.6. The maximum Gasteiger partial charge on any atom is 0.255 e. The zero-order valence-corrected chi connectivity index (χ0v) is 20.5. The fourth-order valence-electron chi connectivity index (χ4n) is 4.13. The number of nitrogens with one attached hydrogen (secondary N) is 2. The Hall–Kier alpha value is -4.30. The van der Waals surface area contributed by atoms with Gasteiger partial charge < -0.3 is 20.1 Å². The van der Waals surface area contributed by atoms with E-state index in [0.717, 1.165) is 11.1 Å². The van der Waals surface area contributed by atoms with Crippen molar-refractivity contribution < 1.29 is 14.3 Å². The van der Waals surface area contributed by atoms with E-state index in [0.29, 0.717) is 46.0 Å². The summed E-state index contributed by atoms with van der Waals surface area (Å²) in [5, 5.41) is 11.1. The Labute approximate surface area is 213 Å². The molecule has 2 heterocycles. The summed E-state index contributed by atoms with van der Waals surface area (Å²) in [6.07, 6.45) is 1.46. The molecule has 5 rings (SSSR count). The van der Waals surface area contributed by atoms with Gasteiger partial charge in [-0.05, 0) is 54.4 Å². The molecule has 36 heavy (non-hydrogen) atoms. The van der Waals surface area contributed by atoms with E-state index in [1.807, 2.05) is 55.5 Å². The van der Waals surface area contributed by atoms with Gasteiger partial charge in [0.15, 0.2) is 11.5 Å². The number of anilines is 2. The third-order valence-electron chi connectivity index (χ3n) is 5.88. The largest absolute Gasteiger partial charge is 0.493 e. The number of allylic oxidation sites excluding steroid dienone is 1. The van der Waals surface area contributed by atoms with Crippen LogP contribution in [0.1, 0.15) is 24.1 Å². The highest BCUT2D eigenvalue weighted by Crippen LogP contribution is 2.39. The summed E-state index contributed by atoms with van der Waals surface area (Å²) in [5.41, 5.74) is 3.66. The number of hydrogen-bond acceptors (Lipinski definition) is 6. The lowest BCUT2D eigenvalue weighted by molar-refractivity contribution is -0.113. The maximum absolute atomic E-state index is 13.5. The van der Waals surface area contributed by atoms with Crippen molar-refractivity contribution in [1.29, 1.82) is 0 Å². The van der Waals surface area contributed by atoms with Gasteiger partial charge in [0.1, 0.15) is 19.0 Å². The molecule has 0 saturated carbocycles. The second kappa shape index (κ2) is 10.1. The van der Waals surface area contributed by atoms with Crippen molar-refractivity contribution in [2.24, 2.45) is 0 Å². The molecule has 1 amide bonds. The molecule has 182 valence electrons. The summed E-state index contributed by atoms with van der Waals surface area (Å²) in [7, 11) is 1.59. The van der Waals surface area contributed by atoms with E-state index in [2.05, 4.69) is 20.7 Å². The van der Waals surface area contributed by atoms with E-state index in [1.54, 1.807) is 36.1 Å². The van der Waals surface area contributed by atoms with Crippen LogP contribution in [0.2, 0.25) is 5.02 Å². The monoisotopic (exact) mass is 501 g/mol. The summed E-state index contributed by atoms with van der Waals surface area (Å²) in [5.74, 6) is 1.44. The molecule has 1 aromatic heterocycles. The van der Waals surface area contributed by atoms with Crippen molar-refractivity contribution in [3.63, 3.8) is 0 Å². The predicted octanol–water partition coefficient (Wildman–Crippen LogP) is 5.45. The van der Waals surface area contributed by atoms with Crippen LogP contribution in [-0.4, -0.2) is 27.8 Å². The minimum atomic E-state index is -0.534. The van der Waals surface area contributed by atoms with Crippen LogP contribution in [0.15, 0.2) is 90.4 Å². The van der Waals surface area contributed by atoms with E-state index < -0.39 is 6.04 Å². The average Bonchev–Trinajstić information content (AvgIpc) is 3.36. The molecule has 0 saturated heterocycles. The first-order valence-electron chi connectivity index (χ1n) is 11.3. The van der Waals surface area contributed by atoms with Gasteiger partial charge in [-0.25, -0.2) is 4.68 Å². The van der Waals surface area contributed by atoms with Crippen LogP contribution in [0.25, 0.3) is 0 Å². The number of fused-ring (bicyclic) bond motifs is 1. The van der Waals surface area contributed by atoms with Crippen molar-refractivity contribution in [3.05, 3.63) is 107 Å². The Morgan fingerprint density at radius 3 is 2.61 bits per heavy atom. The first kappa shape index (κ1) is 23.4. The summed E-state index contributed by atoms with van der Waals surface area (Å²) < 4.78 is 13.4. The molecule has 0 bridgehead atoms. The van der Waals surface area contributed by atoms with Crippen molar-refractivity contribution in [1.82, 2.24) is 14.8 Å². The topological polar surface area (TPSA) is 90.3 Å². The second-order valence-corrected chi connectivity index (χ2v) is 8.68. The van der Waals surface area contributed by atoms with Crippen molar-refractivity contribution in [2.75, 3.05) is 17.7 Å². The predicted molar refractivity (Wildman–Crippen MR) is 138 cm³/mol. The van der Waals surface area contributed by atoms with Gasteiger partial charge >= 0.3 is 0 Å². The Morgan fingerprint density at radius 2 is 1.86 bits per heavy atom. The molecule has 9 heteroatoms. The molecule has 0 aliphatic carbocycles. The number of carbonyl (C=O) groups excluding carboxylic acids is 1. The Balaban J connectivity index is 1.48. The molecule has 1 aliphatic rings. The molecule has 0 radical (unpaired) electrons. The number of rotatable bonds is 7. The van der Waals surface area contributed by atoms with Crippen LogP contribution < -0.4 is 20.1 Å². The number of carbonyl (C=O) groups is 1. The van der Waals surface area contributed by atoms with Gasteiger partial charge in [-0.2, -0.15) is 10.1 Å². The quantitative estimate of drug-likeness (QED) is 0.350. The zero-order valence-electron chi connectivity index (χ0n) is 19.7. The van der Waals surface area contributed by atoms with Gasteiger partial charge in [0.2, 0.25) is 5.95 Å². The number of halogens is 1. The lowest BCUT2D eigenvalue weighted by Crippen LogP contribution is -2.31. The van der Waals surface area contributed by atoms with Crippen molar-refractivity contribution in [2.45, 2.75) is 19.6 Å². The minimum Gasteiger partial charge on any atom is -0.493 e. The number of methoxy groups -OCH3 is 1. The SMILES string of the molecule is COc1cc(C2C(C(=O)Nc3ccc(Cl)cc3)=C(C)Nc3ncnn32)ccc1OCc1ccccc1. The Morgan fingerprint density at radius 1 is 1.08 bits per heavy atom. The molecular formula is C27H24ClN5O3. The molecular weight excluding hydrogens is 478 g/mol. The van der Waals surface area contributed by atoms with Crippen molar-refractivity contribution in [3.8, 4) is 11.5 Å². The van der Waals surface area contributed by atoms with Gasteiger partial charge in [-0.15, -0.1) is 0 Å². The molecule has 0 fully saturated rings. The molecule has 1 atom stereocenters. The lowest BCUT2D eigenvalue weighted by Gasteiger charge is -2.29. The molecule has 2 N–H and O–H groups in total. The van der Waals surface area contributed by atoms with Gasteiger partial charge in [0.05, 0.1) is 12.7 Å². The first-order chi connectivity index (χ1) is 17.5. The number of ether oxygens (including phenoxy) is 2. The fraction of sp³-hybridized carbons (Fsp3) is 0.148. The van der Waals surface area contributed by atoms with Gasteiger partial charge in [-0.1, -0.05) is 48.0 Å². The molecule has 0 spiro atoms. The van der Waals surface area contributed by atoms with Crippen LogP contribution >= 0.6 is 11.6 Å². The highest BCUT2D eigenvalue weighted by molar-refractivity contribution is 6.30.